The molecule has 10 nitrogen and oxygen atoms in total. The van der Waals surface area contributed by atoms with Crippen LogP contribution in [0.4, 0.5) is 5.69 Å². The normalized spacial score (nSPS) is 17.0. The maximum absolute atomic E-state index is 13.1. The van der Waals surface area contributed by atoms with E-state index in [1.54, 1.807) is 24.0 Å². The molecule has 1 saturated heterocycles. The van der Waals surface area contributed by atoms with Gasteiger partial charge in [-0.05, 0) is 31.4 Å². The van der Waals surface area contributed by atoms with E-state index in [1.807, 2.05) is 5.32 Å². The topological polar surface area (TPSA) is 133 Å². The van der Waals surface area contributed by atoms with Crippen molar-refractivity contribution >= 4 is 42.0 Å². The van der Waals surface area contributed by atoms with Crippen LogP contribution in [0.5, 0.6) is 0 Å². The molecule has 170 valence electrons. The smallest absolute Gasteiger partial charge is 0.264 e. The SMILES string of the molecule is CCCC(C(=O)NC=O)N1C(=O)c2cccc(NCC(=O)N3CCC(C=O)CC3)c2C1=O. The van der Waals surface area contributed by atoms with Crippen molar-refractivity contribution in [2.24, 2.45) is 5.92 Å². The number of nitrogens with zero attached hydrogens (tertiary/aromatic N) is 2. The van der Waals surface area contributed by atoms with E-state index in [0.29, 0.717) is 38.0 Å². The molecule has 2 heterocycles. The first-order chi connectivity index (χ1) is 15.4. The fraction of sp³-hybridized carbons (Fsp3) is 0.455. The van der Waals surface area contributed by atoms with Gasteiger partial charge in [0.05, 0.1) is 17.7 Å². The van der Waals surface area contributed by atoms with Gasteiger partial charge >= 0.3 is 0 Å². The van der Waals surface area contributed by atoms with Crippen LogP contribution in [0.2, 0.25) is 0 Å². The van der Waals surface area contributed by atoms with Crippen molar-refractivity contribution in [1.29, 1.82) is 0 Å². The summed E-state index contributed by atoms with van der Waals surface area (Å²) >= 11 is 0. The van der Waals surface area contributed by atoms with Crippen molar-refractivity contribution in [1.82, 2.24) is 15.1 Å². The molecule has 0 bridgehead atoms. The highest BCUT2D eigenvalue weighted by molar-refractivity contribution is 6.25. The Labute approximate surface area is 185 Å². The second kappa shape index (κ2) is 10.2. The van der Waals surface area contributed by atoms with Gasteiger partial charge in [0.15, 0.2) is 0 Å². The first-order valence-electron chi connectivity index (χ1n) is 10.6. The van der Waals surface area contributed by atoms with Gasteiger partial charge in [-0.3, -0.25) is 34.2 Å². The van der Waals surface area contributed by atoms with Gasteiger partial charge in [-0.15, -0.1) is 0 Å². The molecular formula is C22H26N4O6. The second-order valence-corrected chi connectivity index (χ2v) is 7.85. The lowest BCUT2D eigenvalue weighted by atomic mass is 9.98. The van der Waals surface area contributed by atoms with Gasteiger partial charge in [-0.2, -0.15) is 0 Å². The zero-order valence-electron chi connectivity index (χ0n) is 17.8. The summed E-state index contributed by atoms with van der Waals surface area (Å²) in [7, 11) is 0. The van der Waals surface area contributed by atoms with Crippen molar-refractivity contribution in [3.05, 3.63) is 29.3 Å². The van der Waals surface area contributed by atoms with Crippen LogP contribution >= 0.6 is 0 Å². The average Bonchev–Trinajstić information content (AvgIpc) is 3.06. The maximum atomic E-state index is 13.1. The van der Waals surface area contributed by atoms with Gasteiger partial charge in [0.25, 0.3) is 11.8 Å². The second-order valence-electron chi connectivity index (χ2n) is 7.85. The molecule has 1 atom stereocenters. The molecule has 1 fully saturated rings. The number of amides is 5. The molecule has 10 heteroatoms. The molecule has 1 unspecified atom stereocenters. The molecule has 2 aliphatic heterocycles. The molecule has 0 aliphatic carbocycles. The summed E-state index contributed by atoms with van der Waals surface area (Å²) in [6.45, 7) is 2.71. The van der Waals surface area contributed by atoms with Crippen LogP contribution in [-0.2, 0) is 19.2 Å². The number of anilines is 1. The summed E-state index contributed by atoms with van der Waals surface area (Å²) in [6.07, 6.45) is 3.12. The molecule has 1 aromatic rings. The molecule has 2 N–H and O–H groups in total. The Hall–Kier alpha value is -3.56. The standard InChI is InChI=1S/C22H26N4O6/c1-2-4-17(20(30)24-13-28)26-21(31)15-5-3-6-16(19(15)22(26)32)23-11-18(29)25-9-7-14(12-27)8-10-25/h3,5-6,12-14,17,23H,2,4,7-11H2,1H3,(H,24,28,30). The van der Waals surface area contributed by atoms with Crippen LogP contribution in [-0.4, -0.2) is 71.8 Å². The van der Waals surface area contributed by atoms with E-state index in [9.17, 15) is 28.8 Å². The van der Waals surface area contributed by atoms with E-state index in [4.69, 9.17) is 0 Å². The largest absolute Gasteiger partial charge is 0.375 e. The highest BCUT2D eigenvalue weighted by atomic mass is 16.2. The molecule has 0 aromatic heterocycles. The number of imide groups is 2. The third-order valence-electron chi connectivity index (χ3n) is 5.84. The van der Waals surface area contributed by atoms with Gasteiger partial charge in [-0.25, -0.2) is 0 Å². The first kappa shape index (κ1) is 23.1. The van der Waals surface area contributed by atoms with Crippen LogP contribution in [0.15, 0.2) is 18.2 Å². The number of rotatable bonds is 9. The van der Waals surface area contributed by atoms with Crippen LogP contribution in [0.25, 0.3) is 0 Å². The van der Waals surface area contributed by atoms with Crippen molar-refractivity contribution < 1.29 is 28.8 Å². The molecule has 5 amide bonds. The molecule has 0 saturated carbocycles. The fourth-order valence-electron chi connectivity index (χ4n) is 4.11. The summed E-state index contributed by atoms with van der Waals surface area (Å²) in [5.41, 5.74) is 0.565. The number of hydrogen-bond acceptors (Lipinski definition) is 7. The minimum absolute atomic E-state index is 0.0218. The molecule has 32 heavy (non-hydrogen) atoms. The molecule has 0 spiro atoms. The third kappa shape index (κ3) is 4.53. The summed E-state index contributed by atoms with van der Waals surface area (Å²) in [5.74, 6) is -2.18. The number of aldehydes is 1. The van der Waals surface area contributed by atoms with Gasteiger partial charge in [0.2, 0.25) is 18.2 Å². The summed E-state index contributed by atoms with van der Waals surface area (Å²) in [4.78, 5) is 75.1. The maximum Gasteiger partial charge on any atom is 0.264 e. The number of hydrogen-bond donors (Lipinski definition) is 2. The number of piperidine rings is 1. The Balaban J connectivity index is 1.76. The predicted molar refractivity (Wildman–Crippen MR) is 114 cm³/mol. The third-order valence-corrected chi connectivity index (χ3v) is 5.84. The molecule has 1 aromatic carbocycles. The average molecular weight is 442 g/mol. The van der Waals surface area contributed by atoms with Crippen LogP contribution in [0.1, 0.15) is 53.3 Å². The molecule has 2 aliphatic rings. The lowest BCUT2D eigenvalue weighted by Gasteiger charge is -2.30. The lowest BCUT2D eigenvalue weighted by molar-refractivity contribution is -0.131. The number of fused-ring (bicyclic) bond motifs is 1. The van der Waals surface area contributed by atoms with E-state index < -0.39 is 23.8 Å². The highest BCUT2D eigenvalue weighted by Crippen LogP contribution is 2.31. The number of benzene rings is 1. The molecule has 3 rings (SSSR count). The number of carbonyl (C=O) groups excluding carboxylic acids is 6. The monoisotopic (exact) mass is 442 g/mol. The van der Waals surface area contributed by atoms with E-state index in [2.05, 4.69) is 5.32 Å². The van der Waals surface area contributed by atoms with Crippen molar-refractivity contribution in [2.75, 3.05) is 25.0 Å². The van der Waals surface area contributed by atoms with Crippen molar-refractivity contribution in [3.8, 4) is 0 Å². The minimum Gasteiger partial charge on any atom is -0.375 e. The quantitative estimate of drug-likeness (QED) is 0.422. The van der Waals surface area contributed by atoms with E-state index >= 15 is 0 Å². The van der Waals surface area contributed by atoms with E-state index in [1.165, 1.54) is 6.07 Å². The van der Waals surface area contributed by atoms with Crippen molar-refractivity contribution in [2.45, 2.75) is 38.6 Å². The fourth-order valence-corrected chi connectivity index (χ4v) is 4.11. The van der Waals surface area contributed by atoms with Gasteiger partial charge in [-0.1, -0.05) is 19.4 Å². The molecular weight excluding hydrogens is 416 g/mol. The summed E-state index contributed by atoms with van der Waals surface area (Å²) in [5, 5.41) is 4.97. The van der Waals surface area contributed by atoms with Crippen LogP contribution in [0, 0.1) is 5.92 Å². The Morgan fingerprint density at radius 1 is 1.16 bits per heavy atom. The highest BCUT2D eigenvalue weighted by Gasteiger charge is 2.43. The van der Waals surface area contributed by atoms with E-state index in [-0.39, 0.29) is 42.3 Å². The Morgan fingerprint density at radius 3 is 2.50 bits per heavy atom. The Kier molecular flexibility index (Phi) is 7.34. The predicted octanol–water partition coefficient (Wildman–Crippen LogP) is 0.573. The van der Waals surface area contributed by atoms with E-state index in [0.717, 1.165) is 11.2 Å². The van der Waals surface area contributed by atoms with Crippen LogP contribution in [0.3, 0.4) is 0 Å². The number of carbonyl (C=O) groups is 6. The summed E-state index contributed by atoms with van der Waals surface area (Å²) in [6, 6.07) is 3.58. The van der Waals surface area contributed by atoms with Gasteiger partial charge in [0.1, 0.15) is 12.3 Å². The first-order valence-corrected chi connectivity index (χ1v) is 10.6. The minimum atomic E-state index is -1.11. The van der Waals surface area contributed by atoms with Gasteiger partial charge < -0.3 is 15.0 Å². The lowest BCUT2D eigenvalue weighted by Crippen LogP contribution is -2.49. The Bertz CT molecular complexity index is 938. The summed E-state index contributed by atoms with van der Waals surface area (Å²) < 4.78 is 0. The van der Waals surface area contributed by atoms with Gasteiger partial charge in [0, 0.05) is 24.7 Å². The van der Waals surface area contributed by atoms with Crippen molar-refractivity contribution in [3.63, 3.8) is 0 Å². The number of nitrogens with one attached hydrogen (secondary N) is 2. The number of likely N-dealkylation sites (tertiary alicyclic amines) is 1. The molecule has 0 radical (unpaired) electrons. The Morgan fingerprint density at radius 2 is 1.88 bits per heavy atom. The zero-order valence-corrected chi connectivity index (χ0v) is 17.8. The van der Waals surface area contributed by atoms with Crippen LogP contribution < -0.4 is 10.6 Å². The zero-order chi connectivity index (χ0) is 23.3.